The molecule has 0 unspecified atom stereocenters. The minimum atomic E-state index is -1.11. The SMILES string of the molecule is COc1cccc(/C=C/c2cc(C(=O)O)no2)c1. The van der Waals surface area contributed by atoms with Crippen LogP contribution in [0.4, 0.5) is 0 Å². The first-order valence-electron chi connectivity index (χ1n) is 5.21. The maximum Gasteiger partial charge on any atom is 0.358 e. The van der Waals surface area contributed by atoms with Crippen LogP contribution in [0.1, 0.15) is 21.8 Å². The van der Waals surface area contributed by atoms with Crippen LogP contribution in [-0.4, -0.2) is 23.3 Å². The Morgan fingerprint density at radius 1 is 1.39 bits per heavy atom. The predicted molar refractivity (Wildman–Crippen MR) is 65.4 cm³/mol. The van der Waals surface area contributed by atoms with Crippen molar-refractivity contribution >= 4 is 18.1 Å². The molecule has 0 aliphatic heterocycles. The molecule has 0 bridgehead atoms. The van der Waals surface area contributed by atoms with E-state index in [2.05, 4.69) is 5.16 Å². The third kappa shape index (κ3) is 2.76. The van der Waals surface area contributed by atoms with Crippen molar-refractivity contribution in [2.24, 2.45) is 0 Å². The molecular formula is C13H11NO4. The van der Waals surface area contributed by atoms with Gasteiger partial charge in [0.25, 0.3) is 0 Å². The lowest BCUT2D eigenvalue weighted by atomic mass is 10.2. The smallest absolute Gasteiger partial charge is 0.358 e. The van der Waals surface area contributed by atoms with Crippen LogP contribution in [0.25, 0.3) is 12.2 Å². The Kier molecular flexibility index (Phi) is 3.43. The third-order valence-electron chi connectivity index (χ3n) is 2.28. The Balaban J connectivity index is 2.16. The lowest BCUT2D eigenvalue weighted by molar-refractivity contribution is 0.0685. The van der Waals surface area contributed by atoms with Crippen molar-refractivity contribution in [2.75, 3.05) is 7.11 Å². The maximum absolute atomic E-state index is 10.6. The zero-order valence-corrected chi connectivity index (χ0v) is 9.66. The van der Waals surface area contributed by atoms with Gasteiger partial charge in [0.2, 0.25) is 0 Å². The van der Waals surface area contributed by atoms with E-state index in [9.17, 15) is 4.79 Å². The van der Waals surface area contributed by atoms with Crippen molar-refractivity contribution in [1.29, 1.82) is 0 Å². The summed E-state index contributed by atoms with van der Waals surface area (Å²) in [6.07, 6.45) is 3.43. The van der Waals surface area contributed by atoms with Crippen LogP contribution in [0.3, 0.4) is 0 Å². The molecule has 18 heavy (non-hydrogen) atoms. The number of hydrogen-bond acceptors (Lipinski definition) is 4. The number of carboxylic acids is 1. The highest BCUT2D eigenvalue weighted by Crippen LogP contribution is 2.15. The van der Waals surface area contributed by atoms with Gasteiger partial charge in [-0.1, -0.05) is 23.4 Å². The summed E-state index contributed by atoms with van der Waals surface area (Å²) < 4.78 is 9.95. The molecule has 0 atom stereocenters. The largest absolute Gasteiger partial charge is 0.497 e. The minimum Gasteiger partial charge on any atom is -0.497 e. The first-order chi connectivity index (χ1) is 8.69. The zero-order valence-electron chi connectivity index (χ0n) is 9.66. The minimum absolute atomic E-state index is 0.111. The lowest BCUT2D eigenvalue weighted by Gasteiger charge is -1.99. The van der Waals surface area contributed by atoms with Crippen molar-refractivity contribution in [3.05, 3.63) is 47.3 Å². The molecule has 0 fully saturated rings. The summed E-state index contributed by atoms with van der Waals surface area (Å²) in [5, 5.41) is 12.1. The van der Waals surface area contributed by atoms with E-state index in [4.69, 9.17) is 14.4 Å². The molecule has 2 aromatic rings. The molecule has 0 radical (unpaired) electrons. The standard InChI is InChI=1S/C13H11NO4/c1-17-10-4-2-3-9(7-10)5-6-11-8-12(13(15)16)14-18-11/h2-8H,1H3,(H,15,16)/b6-5+. The molecule has 2 rings (SSSR count). The molecule has 1 heterocycles. The number of rotatable bonds is 4. The highest BCUT2D eigenvalue weighted by atomic mass is 16.5. The zero-order chi connectivity index (χ0) is 13.0. The van der Waals surface area contributed by atoms with E-state index in [1.165, 1.54) is 6.07 Å². The highest BCUT2D eigenvalue weighted by molar-refractivity contribution is 5.86. The third-order valence-corrected chi connectivity index (χ3v) is 2.28. The van der Waals surface area contributed by atoms with Crippen LogP contribution in [0.2, 0.25) is 0 Å². The molecule has 0 amide bonds. The monoisotopic (exact) mass is 245 g/mol. The van der Waals surface area contributed by atoms with E-state index in [1.807, 2.05) is 24.3 Å². The summed E-state index contributed by atoms with van der Waals surface area (Å²) in [7, 11) is 1.60. The second kappa shape index (κ2) is 5.18. The number of carbonyl (C=O) groups is 1. The second-order valence-electron chi connectivity index (χ2n) is 3.53. The van der Waals surface area contributed by atoms with Crippen molar-refractivity contribution in [2.45, 2.75) is 0 Å². The molecule has 5 heteroatoms. The van der Waals surface area contributed by atoms with Gasteiger partial charge in [-0.15, -0.1) is 0 Å². The Labute approximate surface area is 103 Å². The first-order valence-corrected chi connectivity index (χ1v) is 5.21. The number of methoxy groups -OCH3 is 1. The fourth-order valence-corrected chi connectivity index (χ4v) is 1.39. The van der Waals surface area contributed by atoms with Gasteiger partial charge in [-0.2, -0.15) is 0 Å². The average molecular weight is 245 g/mol. The van der Waals surface area contributed by atoms with Crippen molar-refractivity contribution in [3.8, 4) is 5.75 Å². The van der Waals surface area contributed by atoms with E-state index in [0.29, 0.717) is 5.76 Å². The summed E-state index contributed by atoms with van der Waals surface area (Å²) >= 11 is 0. The van der Waals surface area contributed by atoms with E-state index in [1.54, 1.807) is 19.3 Å². The molecule has 0 saturated carbocycles. The van der Waals surface area contributed by atoms with E-state index in [0.717, 1.165) is 11.3 Å². The summed E-state index contributed by atoms with van der Waals surface area (Å²) in [5.41, 5.74) is 0.808. The molecule has 0 spiro atoms. The molecule has 1 N–H and O–H groups in total. The summed E-state index contributed by atoms with van der Waals surface area (Å²) in [5.74, 6) is 0.0240. The average Bonchev–Trinajstić information content (AvgIpc) is 2.85. The lowest BCUT2D eigenvalue weighted by Crippen LogP contribution is -1.94. The summed E-state index contributed by atoms with van der Waals surface area (Å²) in [6.45, 7) is 0. The number of carboxylic acid groups (broad SMARTS) is 1. The Bertz CT molecular complexity index is 586. The fourth-order valence-electron chi connectivity index (χ4n) is 1.39. The number of aromatic nitrogens is 1. The highest BCUT2D eigenvalue weighted by Gasteiger charge is 2.08. The molecule has 1 aromatic heterocycles. The van der Waals surface area contributed by atoms with E-state index < -0.39 is 5.97 Å². The predicted octanol–water partition coefficient (Wildman–Crippen LogP) is 2.55. The van der Waals surface area contributed by atoms with Crippen LogP contribution < -0.4 is 4.74 Å². The summed E-state index contributed by atoms with van der Waals surface area (Å²) in [4.78, 5) is 10.6. The van der Waals surface area contributed by atoms with Gasteiger partial charge < -0.3 is 14.4 Å². The van der Waals surface area contributed by atoms with Crippen molar-refractivity contribution in [1.82, 2.24) is 5.16 Å². The van der Waals surface area contributed by atoms with Gasteiger partial charge in [0.05, 0.1) is 7.11 Å². The van der Waals surface area contributed by atoms with Crippen molar-refractivity contribution in [3.63, 3.8) is 0 Å². The van der Waals surface area contributed by atoms with Crippen LogP contribution in [0.15, 0.2) is 34.9 Å². The molecular weight excluding hydrogens is 234 g/mol. The van der Waals surface area contributed by atoms with Gasteiger partial charge in [-0.3, -0.25) is 0 Å². The first kappa shape index (κ1) is 11.9. The molecule has 92 valence electrons. The topological polar surface area (TPSA) is 72.6 Å². The Hall–Kier alpha value is -2.56. The number of nitrogens with zero attached hydrogens (tertiary/aromatic N) is 1. The van der Waals surface area contributed by atoms with Crippen LogP contribution in [0.5, 0.6) is 5.75 Å². The van der Waals surface area contributed by atoms with Crippen LogP contribution >= 0.6 is 0 Å². The van der Waals surface area contributed by atoms with Crippen LogP contribution in [-0.2, 0) is 0 Å². The number of benzene rings is 1. The van der Waals surface area contributed by atoms with E-state index in [-0.39, 0.29) is 5.69 Å². The number of ether oxygens (including phenoxy) is 1. The Morgan fingerprint density at radius 3 is 2.89 bits per heavy atom. The van der Waals surface area contributed by atoms with Gasteiger partial charge in [0.1, 0.15) is 5.75 Å². The Morgan fingerprint density at radius 2 is 2.22 bits per heavy atom. The molecule has 0 aliphatic carbocycles. The van der Waals surface area contributed by atoms with Crippen molar-refractivity contribution < 1.29 is 19.2 Å². The van der Waals surface area contributed by atoms with Crippen LogP contribution in [0, 0.1) is 0 Å². The second-order valence-corrected chi connectivity index (χ2v) is 3.53. The van der Waals surface area contributed by atoms with E-state index >= 15 is 0 Å². The molecule has 5 nitrogen and oxygen atoms in total. The van der Waals surface area contributed by atoms with Gasteiger partial charge in [0.15, 0.2) is 11.5 Å². The maximum atomic E-state index is 10.6. The number of hydrogen-bond donors (Lipinski definition) is 1. The fraction of sp³-hybridized carbons (Fsp3) is 0.0769. The quantitative estimate of drug-likeness (QED) is 0.896. The molecule has 1 aromatic carbocycles. The van der Waals surface area contributed by atoms with Gasteiger partial charge in [-0.25, -0.2) is 4.79 Å². The summed E-state index contributed by atoms with van der Waals surface area (Å²) in [6, 6.07) is 8.81. The normalized spacial score (nSPS) is 10.7. The van der Waals surface area contributed by atoms with Gasteiger partial charge in [0, 0.05) is 6.07 Å². The molecule has 0 aliphatic rings. The van der Waals surface area contributed by atoms with Gasteiger partial charge >= 0.3 is 5.97 Å². The van der Waals surface area contributed by atoms with Gasteiger partial charge in [-0.05, 0) is 23.8 Å². The molecule has 0 saturated heterocycles. The number of aromatic carboxylic acids is 1.